The van der Waals surface area contributed by atoms with E-state index in [2.05, 4.69) is 30.7 Å². The molecule has 0 amide bonds. The third-order valence-electron chi connectivity index (χ3n) is 4.38. The van der Waals surface area contributed by atoms with Crippen molar-refractivity contribution in [2.45, 2.75) is 18.2 Å². The van der Waals surface area contributed by atoms with Crippen LogP contribution in [0.15, 0.2) is 57.9 Å². The number of nitrogens with zero attached hydrogens (tertiary/aromatic N) is 3. The van der Waals surface area contributed by atoms with Crippen LogP contribution in [0.1, 0.15) is 10.6 Å². The summed E-state index contributed by atoms with van der Waals surface area (Å²) in [5, 5.41) is 4.50. The van der Waals surface area contributed by atoms with E-state index in [1.165, 1.54) is 23.5 Å². The van der Waals surface area contributed by atoms with Gasteiger partial charge in [-0.15, -0.1) is 5.10 Å². The summed E-state index contributed by atoms with van der Waals surface area (Å²) in [6.07, 6.45) is 0.531. The zero-order chi connectivity index (χ0) is 20.6. The molecule has 2 aromatic heterocycles. The Morgan fingerprint density at radius 2 is 1.83 bits per heavy atom. The Bertz CT molecular complexity index is 1270. The largest absolute Gasteiger partial charge is 0.240 e. The van der Waals surface area contributed by atoms with Gasteiger partial charge < -0.3 is 0 Å². The van der Waals surface area contributed by atoms with E-state index in [0.29, 0.717) is 17.2 Å². The van der Waals surface area contributed by atoms with Crippen molar-refractivity contribution in [3.8, 4) is 11.4 Å². The molecule has 0 unspecified atom stereocenters. The molecule has 0 aliphatic carbocycles. The van der Waals surface area contributed by atoms with Gasteiger partial charge in [-0.3, -0.25) is 0 Å². The summed E-state index contributed by atoms with van der Waals surface area (Å²) in [7, 11) is -3.56. The van der Waals surface area contributed by atoms with Crippen LogP contribution in [-0.4, -0.2) is 29.6 Å². The van der Waals surface area contributed by atoms with Crippen LogP contribution in [0.4, 0.5) is 4.39 Å². The van der Waals surface area contributed by atoms with E-state index in [-0.39, 0.29) is 17.3 Å². The lowest BCUT2D eigenvalue weighted by Crippen LogP contribution is -2.25. The molecule has 29 heavy (non-hydrogen) atoms. The van der Waals surface area contributed by atoms with Gasteiger partial charge in [-0.2, -0.15) is 4.98 Å². The normalized spacial score (nSPS) is 12.0. The summed E-state index contributed by atoms with van der Waals surface area (Å²) < 4.78 is 43.1. The minimum Gasteiger partial charge on any atom is -0.211 e. The number of benzene rings is 2. The lowest BCUT2D eigenvalue weighted by atomic mass is 10.2. The highest BCUT2D eigenvalue weighted by atomic mass is 79.9. The number of thiazole rings is 1. The van der Waals surface area contributed by atoms with Crippen LogP contribution in [0.2, 0.25) is 0 Å². The molecule has 0 spiro atoms. The highest BCUT2D eigenvalue weighted by molar-refractivity contribution is 9.10. The van der Waals surface area contributed by atoms with Crippen molar-refractivity contribution in [2.24, 2.45) is 0 Å². The van der Waals surface area contributed by atoms with Crippen molar-refractivity contribution in [3.63, 3.8) is 0 Å². The van der Waals surface area contributed by atoms with E-state index in [0.717, 1.165) is 20.6 Å². The maximum absolute atomic E-state index is 13.1. The first kappa shape index (κ1) is 20.1. The first-order chi connectivity index (χ1) is 13.8. The molecule has 0 atom stereocenters. The van der Waals surface area contributed by atoms with Crippen molar-refractivity contribution in [1.82, 2.24) is 19.3 Å². The number of sulfonamides is 1. The second-order valence-electron chi connectivity index (χ2n) is 6.35. The van der Waals surface area contributed by atoms with Gasteiger partial charge in [-0.25, -0.2) is 22.0 Å². The van der Waals surface area contributed by atoms with E-state index in [1.54, 1.807) is 40.9 Å². The van der Waals surface area contributed by atoms with Crippen molar-refractivity contribution in [3.05, 3.63) is 69.4 Å². The molecule has 150 valence electrons. The van der Waals surface area contributed by atoms with Gasteiger partial charge in [0.2, 0.25) is 15.0 Å². The summed E-state index contributed by atoms with van der Waals surface area (Å²) in [5.41, 5.74) is 1.65. The Morgan fingerprint density at radius 1 is 1.14 bits per heavy atom. The lowest BCUT2D eigenvalue weighted by molar-refractivity contribution is 0.581. The van der Waals surface area contributed by atoms with E-state index < -0.39 is 10.0 Å². The monoisotopic (exact) mass is 494 g/mol. The fourth-order valence-electron chi connectivity index (χ4n) is 2.83. The van der Waals surface area contributed by atoms with E-state index in [1.807, 2.05) is 6.92 Å². The third-order valence-corrected chi connectivity index (χ3v) is 7.58. The SMILES string of the molecule is Cc1c(CCNS(=O)(=O)c2ccc(Br)cc2)sc2nc(-c3ccc(F)cc3)nn12. The number of halogens is 2. The molecule has 0 bridgehead atoms. The van der Waals surface area contributed by atoms with Gasteiger partial charge in [0, 0.05) is 21.5 Å². The molecule has 0 aliphatic heterocycles. The van der Waals surface area contributed by atoms with Crippen LogP contribution in [0.25, 0.3) is 16.3 Å². The molecule has 4 aromatic rings. The number of aromatic nitrogens is 3. The average Bonchev–Trinajstić information content (AvgIpc) is 3.22. The number of rotatable bonds is 6. The van der Waals surface area contributed by atoms with Crippen LogP contribution >= 0.6 is 27.3 Å². The Labute approximate surface area is 179 Å². The van der Waals surface area contributed by atoms with Crippen LogP contribution in [0, 0.1) is 12.7 Å². The standard InChI is InChI=1S/C19H16BrFN4O2S2/c1-12-17(10-11-22-29(26,27)16-8-4-14(20)5-9-16)28-19-23-18(24-25(12)19)13-2-6-15(21)7-3-13/h2-9,22H,10-11H2,1H3. The summed E-state index contributed by atoms with van der Waals surface area (Å²) in [5.74, 6) is 0.223. The molecular formula is C19H16BrFN4O2S2. The van der Waals surface area contributed by atoms with E-state index in [9.17, 15) is 12.8 Å². The maximum Gasteiger partial charge on any atom is 0.240 e. The third kappa shape index (κ3) is 4.25. The number of nitrogens with one attached hydrogen (secondary N) is 1. The van der Waals surface area contributed by atoms with Crippen LogP contribution < -0.4 is 4.72 Å². The molecule has 0 saturated heterocycles. The van der Waals surface area contributed by atoms with Crippen LogP contribution in [0.5, 0.6) is 0 Å². The minimum atomic E-state index is -3.56. The quantitative estimate of drug-likeness (QED) is 0.435. The smallest absolute Gasteiger partial charge is 0.211 e. The van der Waals surface area contributed by atoms with Crippen molar-refractivity contribution in [1.29, 1.82) is 0 Å². The van der Waals surface area contributed by atoms with Crippen molar-refractivity contribution in [2.75, 3.05) is 6.54 Å². The summed E-state index contributed by atoms with van der Waals surface area (Å²) in [6.45, 7) is 2.19. The van der Waals surface area contributed by atoms with Gasteiger partial charge in [-0.05, 0) is 61.9 Å². The second-order valence-corrected chi connectivity index (χ2v) is 10.1. The fourth-order valence-corrected chi connectivity index (χ4v) is 5.18. The molecule has 1 N–H and O–H groups in total. The first-order valence-electron chi connectivity index (χ1n) is 8.70. The topological polar surface area (TPSA) is 76.4 Å². The Balaban J connectivity index is 1.47. The van der Waals surface area contributed by atoms with Crippen molar-refractivity contribution >= 4 is 42.3 Å². The van der Waals surface area contributed by atoms with Gasteiger partial charge in [0.05, 0.1) is 10.6 Å². The summed E-state index contributed by atoms with van der Waals surface area (Å²) >= 11 is 4.76. The Hall–Kier alpha value is -2.14. The van der Waals surface area contributed by atoms with E-state index in [4.69, 9.17) is 0 Å². The van der Waals surface area contributed by atoms with Gasteiger partial charge in [0.1, 0.15) is 5.82 Å². The first-order valence-corrected chi connectivity index (χ1v) is 11.8. The molecule has 0 radical (unpaired) electrons. The lowest BCUT2D eigenvalue weighted by Gasteiger charge is -2.06. The van der Waals surface area contributed by atoms with E-state index >= 15 is 0 Å². The van der Waals surface area contributed by atoms with Gasteiger partial charge in [0.15, 0.2) is 5.82 Å². The fraction of sp³-hybridized carbons (Fsp3) is 0.158. The molecule has 2 heterocycles. The van der Waals surface area contributed by atoms with Crippen LogP contribution in [0.3, 0.4) is 0 Å². The summed E-state index contributed by atoms with van der Waals surface area (Å²) in [6, 6.07) is 12.5. The zero-order valence-electron chi connectivity index (χ0n) is 15.3. The predicted octanol–water partition coefficient (Wildman–Crippen LogP) is 4.19. The maximum atomic E-state index is 13.1. The molecule has 0 aliphatic rings. The number of fused-ring (bicyclic) bond motifs is 1. The molecule has 2 aromatic carbocycles. The molecular weight excluding hydrogens is 479 g/mol. The zero-order valence-corrected chi connectivity index (χ0v) is 18.5. The number of aryl methyl sites for hydroxylation is 1. The van der Waals surface area contributed by atoms with Gasteiger partial charge >= 0.3 is 0 Å². The van der Waals surface area contributed by atoms with Crippen LogP contribution in [-0.2, 0) is 16.4 Å². The number of hydrogen-bond donors (Lipinski definition) is 1. The van der Waals surface area contributed by atoms with Crippen molar-refractivity contribution < 1.29 is 12.8 Å². The highest BCUT2D eigenvalue weighted by Gasteiger charge is 2.17. The number of hydrogen-bond acceptors (Lipinski definition) is 5. The highest BCUT2D eigenvalue weighted by Crippen LogP contribution is 2.25. The molecule has 4 rings (SSSR count). The second kappa shape index (κ2) is 7.94. The van der Waals surface area contributed by atoms with Gasteiger partial charge in [-0.1, -0.05) is 27.3 Å². The Morgan fingerprint density at radius 3 is 2.48 bits per heavy atom. The summed E-state index contributed by atoms with van der Waals surface area (Å²) in [4.78, 5) is 6.46. The van der Waals surface area contributed by atoms with Gasteiger partial charge in [0.25, 0.3) is 0 Å². The molecule has 6 nitrogen and oxygen atoms in total. The average molecular weight is 495 g/mol. The Kier molecular flexibility index (Phi) is 5.52. The molecule has 10 heteroatoms. The molecule has 0 fully saturated rings. The predicted molar refractivity (Wildman–Crippen MR) is 114 cm³/mol. The minimum absolute atomic E-state index is 0.226. The molecule has 0 saturated carbocycles.